The number of nitrogens with one attached hydrogen (secondary N) is 1. The van der Waals surface area contributed by atoms with Crippen molar-refractivity contribution in [3.63, 3.8) is 0 Å². The Kier molecular flexibility index (Phi) is 7.95. The van der Waals surface area contributed by atoms with Crippen molar-refractivity contribution in [2.45, 2.75) is 53.4 Å². The molecule has 0 radical (unpaired) electrons. The maximum absolute atomic E-state index is 12.3. The third kappa shape index (κ3) is 6.95. The van der Waals surface area contributed by atoms with E-state index in [1.54, 1.807) is 20.8 Å². The summed E-state index contributed by atoms with van der Waals surface area (Å²) < 4.78 is 16.0. The highest BCUT2D eigenvalue weighted by molar-refractivity contribution is 6.69. The topological polar surface area (TPSA) is 73.9 Å². The third-order valence-electron chi connectivity index (χ3n) is 3.04. The van der Waals surface area contributed by atoms with E-state index in [9.17, 15) is 9.59 Å². The van der Waals surface area contributed by atoms with Crippen molar-refractivity contribution < 1.29 is 23.5 Å². The van der Waals surface area contributed by atoms with Crippen LogP contribution in [-0.2, 0) is 18.7 Å². The Morgan fingerprint density at radius 3 is 2.10 bits per heavy atom. The maximum atomic E-state index is 12.3. The lowest BCUT2D eigenvalue weighted by atomic mass is 9.85. The van der Waals surface area contributed by atoms with Crippen LogP contribution in [0.25, 0.3) is 0 Å². The summed E-state index contributed by atoms with van der Waals surface area (Å²) in [5.74, 6) is -0.382. The summed E-state index contributed by atoms with van der Waals surface area (Å²) in [7, 11) is -1.82. The number of esters is 1. The Morgan fingerprint density at radius 1 is 1.14 bits per heavy atom. The summed E-state index contributed by atoms with van der Waals surface area (Å²) in [6.45, 7) is 13.9. The van der Waals surface area contributed by atoms with E-state index in [1.807, 2.05) is 26.6 Å². The monoisotopic (exact) mass is 319 g/mol. The number of alkyl carbamates (subject to hydrolysis) is 1. The van der Waals surface area contributed by atoms with Crippen LogP contribution in [0.3, 0.4) is 0 Å². The summed E-state index contributed by atoms with van der Waals surface area (Å²) in [6, 6.07) is 0. The van der Waals surface area contributed by atoms with Crippen LogP contribution in [0, 0.1) is 5.41 Å². The van der Waals surface area contributed by atoms with Gasteiger partial charge in [-0.15, -0.1) is 0 Å². The first kappa shape index (κ1) is 19.9. The number of amides is 1. The van der Waals surface area contributed by atoms with Gasteiger partial charge in [0, 0.05) is 6.54 Å². The van der Waals surface area contributed by atoms with Crippen molar-refractivity contribution in [2.24, 2.45) is 5.41 Å². The van der Waals surface area contributed by atoms with Gasteiger partial charge in [0.25, 0.3) is 0 Å². The molecule has 7 heteroatoms. The van der Waals surface area contributed by atoms with Crippen LogP contribution in [0.1, 0.15) is 27.7 Å². The van der Waals surface area contributed by atoms with Gasteiger partial charge in [-0.2, -0.15) is 0 Å². The molecule has 1 N–H and O–H groups in total. The van der Waals surface area contributed by atoms with Gasteiger partial charge in [-0.1, -0.05) is 0 Å². The van der Waals surface area contributed by atoms with Gasteiger partial charge in [0.15, 0.2) is 8.32 Å². The van der Waals surface area contributed by atoms with E-state index in [2.05, 4.69) is 5.32 Å². The van der Waals surface area contributed by atoms with Gasteiger partial charge < -0.3 is 19.2 Å². The lowest BCUT2D eigenvalue weighted by Crippen LogP contribution is -2.52. The number of rotatable bonds is 8. The van der Waals surface area contributed by atoms with Crippen molar-refractivity contribution in [3.8, 4) is 0 Å². The average Bonchev–Trinajstić information content (AvgIpc) is 2.34. The molecule has 0 saturated heterocycles. The zero-order valence-electron chi connectivity index (χ0n) is 14.2. The van der Waals surface area contributed by atoms with Gasteiger partial charge in [0.2, 0.25) is 0 Å². The number of hydrogen-bond acceptors (Lipinski definition) is 5. The Bertz CT molecular complexity index is 356. The largest absolute Gasteiger partial charge is 0.465 e. The smallest absolute Gasteiger partial charge is 0.407 e. The van der Waals surface area contributed by atoms with E-state index in [1.165, 1.54) is 0 Å². The molecule has 6 nitrogen and oxygen atoms in total. The summed E-state index contributed by atoms with van der Waals surface area (Å²) in [4.78, 5) is 23.7. The fourth-order valence-electron chi connectivity index (χ4n) is 1.78. The molecule has 0 aliphatic rings. The highest BCUT2D eigenvalue weighted by atomic mass is 28.4. The van der Waals surface area contributed by atoms with Crippen molar-refractivity contribution in [2.75, 3.05) is 19.8 Å². The van der Waals surface area contributed by atoms with Crippen molar-refractivity contribution in [3.05, 3.63) is 0 Å². The maximum Gasteiger partial charge on any atom is 0.407 e. The van der Waals surface area contributed by atoms with Gasteiger partial charge in [-0.05, 0) is 47.3 Å². The molecular weight excluding hydrogens is 290 g/mol. The Balaban J connectivity index is 5.00. The van der Waals surface area contributed by atoms with E-state index in [-0.39, 0.29) is 31.8 Å². The van der Waals surface area contributed by atoms with Crippen LogP contribution in [-0.4, -0.2) is 46.2 Å². The molecule has 0 rings (SSSR count). The molecule has 0 heterocycles. The summed E-state index contributed by atoms with van der Waals surface area (Å²) in [6.07, 6.45) is -0.918. The summed E-state index contributed by atoms with van der Waals surface area (Å²) in [5, 5.41) is 2.60. The lowest BCUT2D eigenvalue weighted by Gasteiger charge is -2.36. The number of carbonyl (C=O) groups is 2. The molecule has 0 spiro atoms. The molecule has 0 aromatic carbocycles. The zero-order chi connectivity index (χ0) is 16.7. The molecular formula is C14H29NO5Si. The third-order valence-corrected chi connectivity index (χ3v) is 4.11. The fraction of sp³-hybridized carbons (Fsp3) is 0.857. The molecule has 124 valence electrons. The van der Waals surface area contributed by atoms with E-state index in [4.69, 9.17) is 13.9 Å². The minimum Gasteiger partial charge on any atom is -0.465 e. The molecule has 2 atom stereocenters. The molecule has 0 aromatic heterocycles. The molecule has 21 heavy (non-hydrogen) atoms. The van der Waals surface area contributed by atoms with E-state index < -0.39 is 19.8 Å². The minimum atomic E-state index is -1.82. The highest BCUT2D eigenvalue weighted by Gasteiger charge is 2.43. The Labute approximate surface area is 128 Å². The normalized spacial score (nSPS) is 15.8. The van der Waals surface area contributed by atoms with Gasteiger partial charge in [-0.3, -0.25) is 4.79 Å². The average molecular weight is 319 g/mol. The predicted molar refractivity (Wildman–Crippen MR) is 83.7 cm³/mol. The van der Waals surface area contributed by atoms with E-state index >= 15 is 0 Å². The molecule has 1 amide bonds. The van der Waals surface area contributed by atoms with Crippen LogP contribution < -0.4 is 5.32 Å². The molecule has 0 aliphatic heterocycles. The minimum absolute atomic E-state index is 0.107. The quantitative estimate of drug-likeness (QED) is 0.550. The van der Waals surface area contributed by atoms with Crippen LogP contribution in [0.15, 0.2) is 0 Å². The molecule has 0 bridgehead atoms. The Morgan fingerprint density at radius 2 is 1.67 bits per heavy atom. The van der Waals surface area contributed by atoms with Crippen molar-refractivity contribution in [1.82, 2.24) is 5.32 Å². The first-order valence-electron chi connectivity index (χ1n) is 7.32. The number of carbonyl (C=O) groups excluding carboxylic acids is 2. The first-order chi connectivity index (χ1) is 9.56. The molecule has 0 aliphatic carbocycles. The van der Waals surface area contributed by atoms with Gasteiger partial charge in [-0.25, -0.2) is 4.79 Å². The Hall–Kier alpha value is -1.08. The van der Waals surface area contributed by atoms with E-state index in [0.29, 0.717) is 0 Å². The highest BCUT2D eigenvalue weighted by Crippen LogP contribution is 2.28. The molecule has 0 saturated carbocycles. The number of hydrogen-bond donors (Lipinski definition) is 1. The second kappa shape index (κ2) is 8.38. The second-order valence-corrected chi connectivity index (χ2v) is 10.5. The van der Waals surface area contributed by atoms with Crippen LogP contribution in [0.5, 0.6) is 0 Å². The van der Waals surface area contributed by atoms with Crippen molar-refractivity contribution in [1.29, 1.82) is 0 Å². The van der Waals surface area contributed by atoms with Gasteiger partial charge >= 0.3 is 12.1 Å². The summed E-state index contributed by atoms with van der Waals surface area (Å²) in [5.41, 5.74) is -0.955. The lowest BCUT2D eigenvalue weighted by molar-refractivity contribution is -0.159. The van der Waals surface area contributed by atoms with Crippen molar-refractivity contribution >= 4 is 20.4 Å². The SMILES string of the molecule is CCOC(=O)NCC(C)(C(=O)OCC)C(C)O[Si](C)(C)C. The van der Waals surface area contributed by atoms with E-state index in [0.717, 1.165) is 0 Å². The second-order valence-electron chi connectivity index (χ2n) is 6.08. The fourth-order valence-corrected chi connectivity index (χ4v) is 3.10. The van der Waals surface area contributed by atoms with Crippen LogP contribution in [0.2, 0.25) is 19.6 Å². The van der Waals surface area contributed by atoms with Gasteiger partial charge in [0.05, 0.1) is 19.3 Å². The first-order valence-corrected chi connectivity index (χ1v) is 10.7. The van der Waals surface area contributed by atoms with Crippen LogP contribution in [0.4, 0.5) is 4.79 Å². The zero-order valence-corrected chi connectivity index (χ0v) is 15.2. The molecule has 0 aromatic rings. The number of ether oxygens (including phenoxy) is 2. The standard InChI is InChI=1S/C14H29NO5Si/c1-8-18-12(16)14(4,10-15-13(17)19-9-2)11(3)20-21(5,6)7/h11H,8-10H2,1-7H3,(H,15,17). The predicted octanol–water partition coefficient (Wildman–Crippen LogP) is 2.54. The van der Waals surface area contributed by atoms with Crippen LogP contribution >= 0.6 is 0 Å². The van der Waals surface area contributed by atoms with Gasteiger partial charge in [0.1, 0.15) is 5.41 Å². The molecule has 2 unspecified atom stereocenters. The molecule has 0 fully saturated rings. The summed E-state index contributed by atoms with van der Waals surface area (Å²) >= 11 is 0.